The van der Waals surface area contributed by atoms with Gasteiger partial charge in [-0.25, -0.2) is 9.67 Å². The Balaban J connectivity index is 1.32. The second-order valence-corrected chi connectivity index (χ2v) is 8.56. The highest BCUT2D eigenvalue weighted by atomic mass is 16.5. The monoisotopic (exact) mass is 393 g/mol. The molecule has 2 bridgehead atoms. The van der Waals surface area contributed by atoms with E-state index in [4.69, 9.17) is 4.74 Å². The molecule has 3 aromatic heterocycles. The van der Waals surface area contributed by atoms with Crippen molar-refractivity contribution in [2.45, 2.75) is 56.7 Å². The van der Waals surface area contributed by atoms with E-state index in [1.54, 1.807) is 36.8 Å². The van der Waals surface area contributed by atoms with Gasteiger partial charge in [-0.3, -0.25) is 0 Å². The highest BCUT2D eigenvalue weighted by molar-refractivity contribution is 5.63. The third-order valence-corrected chi connectivity index (χ3v) is 5.90. The van der Waals surface area contributed by atoms with Crippen molar-refractivity contribution in [3.05, 3.63) is 36.8 Å². The number of fused-ring (bicyclic) bond motifs is 2. The van der Waals surface area contributed by atoms with Crippen LogP contribution in [0.1, 0.15) is 39.5 Å². The molecule has 9 nitrogen and oxygen atoms in total. The predicted octanol–water partition coefficient (Wildman–Crippen LogP) is 2.27. The second-order valence-electron chi connectivity index (χ2n) is 8.56. The number of pyridine rings is 1. The zero-order valence-electron chi connectivity index (χ0n) is 16.4. The Hall–Kier alpha value is -3.07. The summed E-state index contributed by atoms with van der Waals surface area (Å²) in [5.74, 6) is 0.489. The molecular formula is C20H23N7O2. The van der Waals surface area contributed by atoms with Gasteiger partial charge in [-0.2, -0.15) is 0 Å². The molecule has 2 fully saturated rings. The molecular weight excluding hydrogens is 370 g/mol. The molecule has 2 N–H and O–H groups in total. The van der Waals surface area contributed by atoms with Gasteiger partial charge in [0.15, 0.2) is 0 Å². The van der Waals surface area contributed by atoms with E-state index < -0.39 is 0 Å². The normalized spacial score (nSPS) is 28.4. The smallest absolute Gasteiger partial charge is 0.233 e. The number of hydrogen-bond acceptors (Lipinski definition) is 8. The van der Waals surface area contributed by atoms with Crippen molar-refractivity contribution < 1.29 is 9.84 Å². The van der Waals surface area contributed by atoms with E-state index in [9.17, 15) is 5.11 Å². The van der Waals surface area contributed by atoms with Gasteiger partial charge in [0.1, 0.15) is 23.2 Å². The van der Waals surface area contributed by atoms with Gasteiger partial charge in [0, 0.05) is 36.1 Å². The van der Waals surface area contributed by atoms with Crippen LogP contribution in [-0.4, -0.2) is 52.5 Å². The van der Waals surface area contributed by atoms with Crippen LogP contribution in [0.4, 0.5) is 0 Å². The van der Waals surface area contributed by atoms with Crippen LogP contribution >= 0.6 is 0 Å². The molecule has 3 aromatic rings. The number of piperidine rings is 1. The number of nitrogens with one attached hydrogen (secondary N) is 1. The van der Waals surface area contributed by atoms with Crippen LogP contribution in [0, 0.1) is 0 Å². The van der Waals surface area contributed by atoms with Gasteiger partial charge in [-0.1, -0.05) is 5.21 Å². The van der Waals surface area contributed by atoms with E-state index in [0.29, 0.717) is 23.0 Å². The number of aromatic nitrogens is 6. The summed E-state index contributed by atoms with van der Waals surface area (Å²) in [7, 11) is 0. The Morgan fingerprint density at radius 3 is 2.59 bits per heavy atom. The maximum Gasteiger partial charge on any atom is 0.233 e. The first kappa shape index (κ1) is 18.0. The van der Waals surface area contributed by atoms with E-state index in [1.165, 1.54) is 17.5 Å². The Morgan fingerprint density at radius 1 is 1.17 bits per heavy atom. The van der Waals surface area contributed by atoms with Crippen molar-refractivity contribution >= 4 is 0 Å². The van der Waals surface area contributed by atoms with Crippen molar-refractivity contribution in [3.8, 4) is 28.7 Å². The van der Waals surface area contributed by atoms with Gasteiger partial charge in [0.2, 0.25) is 5.88 Å². The minimum Gasteiger partial charge on any atom is -0.506 e. The fraction of sp³-hybridized carbons (Fsp3) is 0.450. The first-order chi connectivity index (χ1) is 13.9. The van der Waals surface area contributed by atoms with Gasteiger partial charge < -0.3 is 15.2 Å². The van der Waals surface area contributed by atoms with E-state index in [-0.39, 0.29) is 22.9 Å². The van der Waals surface area contributed by atoms with Crippen LogP contribution in [0.3, 0.4) is 0 Å². The van der Waals surface area contributed by atoms with Crippen molar-refractivity contribution in [2.24, 2.45) is 0 Å². The van der Waals surface area contributed by atoms with Gasteiger partial charge in [0.25, 0.3) is 0 Å². The fourth-order valence-corrected chi connectivity index (χ4v) is 4.66. The molecule has 0 saturated carbocycles. The molecule has 150 valence electrons. The first-order valence-corrected chi connectivity index (χ1v) is 9.77. The Labute approximate surface area is 168 Å². The molecule has 5 rings (SSSR count). The molecule has 0 spiro atoms. The summed E-state index contributed by atoms with van der Waals surface area (Å²) in [6, 6.07) is 5.11. The van der Waals surface area contributed by atoms with E-state index in [1.807, 2.05) is 0 Å². The lowest BCUT2D eigenvalue weighted by molar-refractivity contribution is 0.0754. The minimum absolute atomic E-state index is 0.00301. The molecule has 0 aromatic carbocycles. The number of rotatable bonds is 4. The number of ether oxygens (including phenoxy) is 1. The number of nitrogens with zero attached hydrogens (tertiary/aromatic N) is 6. The third kappa shape index (κ3) is 3.42. The van der Waals surface area contributed by atoms with Gasteiger partial charge in [-0.15, -0.1) is 15.3 Å². The molecule has 29 heavy (non-hydrogen) atoms. The molecule has 2 aliphatic rings. The minimum atomic E-state index is -0.00301. The summed E-state index contributed by atoms with van der Waals surface area (Å²) in [4.78, 5) is 4.31. The second kappa shape index (κ2) is 6.48. The Bertz CT molecular complexity index is 1010. The van der Waals surface area contributed by atoms with Gasteiger partial charge in [-0.05, 0) is 32.8 Å². The molecule has 9 heteroatoms. The summed E-state index contributed by atoms with van der Waals surface area (Å²) in [6.07, 6.45) is 9.20. The third-order valence-electron chi connectivity index (χ3n) is 5.90. The molecule has 2 atom stereocenters. The average molecular weight is 393 g/mol. The summed E-state index contributed by atoms with van der Waals surface area (Å²) in [5, 5.41) is 30.2. The Kier molecular flexibility index (Phi) is 4.02. The quantitative estimate of drug-likeness (QED) is 0.694. The van der Waals surface area contributed by atoms with Crippen LogP contribution in [0.15, 0.2) is 36.8 Å². The number of aromatic hydroxyl groups is 1. The van der Waals surface area contributed by atoms with Crippen molar-refractivity contribution in [1.82, 2.24) is 35.5 Å². The lowest BCUT2D eigenvalue weighted by Crippen LogP contribution is -2.56. The zero-order valence-corrected chi connectivity index (χ0v) is 16.4. The van der Waals surface area contributed by atoms with Crippen LogP contribution in [0.2, 0.25) is 0 Å². The van der Waals surface area contributed by atoms with Crippen molar-refractivity contribution in [3.63, 3.8) is 0 Å². The highest BCUT2D eigenvalue weighted by Crippen LogP contribution is 2.43. The highest BCUT2D eigenvalue weighted by Gasteiger charge is 2.49. The predicted molar refractivity (Wildman–Crippen MR) is 105 cm³/mol. The maximum absolute atomic E-state index is 10.4. The van der Waals surface area contributed by atoms with E-state index in [0.717, 1.165) is 12.8 Å². The summed E-state index contributed by atoms with van der Waals surface area (Å²) in [6.45, 7) is 4.53. The standard InChI is InChI=1S/C20H23N7O2/c1-19-5-6-20(2,25-19)11-14(10-19)29-17-4-3-15(23-24-17)18-16(28)9-13(12-21-18)27-8-7-22-26-27/h3-4,7-9,12,14,25,28H,5-6,10-11H2,1-2H3. The largest absolute Gasteiger partial charge is 0.506 e. The Morgan fingerprint density at radius 2 is 1.97 bits per heavy atom. The van der Waals surface area contributed by atoms with Crippen LogP contribution < -0.4 is 10.1 Å². The van der Waals surface area contributed by atoms with Crippen LogP contribution in [-0.2, 0) is 0 Å². The van der Waals surface area contributed by atoms with E-state index in [2.05, 4.69) is 44.7 Å². The molecule has 2 saturated heterocycles. The molecule has 5 heterocycles. The van der Waals surface area contributed by atoms with Gasteiger partial charge in [0.05, 0.1) is 24.3 Å². The summed E-state index contributed by atoms with van der Waals surface area (Å²) in [5.41, 5.74) is 1.70. The van der Waals surface area contributed by atoms with Crippen molar-refractivity contribution in [1.29, 1.82) is 0 Å². The fourth-order valence-electron chi connectivity index (χ4n) is 4.66. The molecule has 0 amide bonds. The average Bonchev–Trinajstić information content (AvgIpc) is 3.28. The van der Waals surface area contributed by atoms with E-state index >= 15 is 0 Å². The molecule has 2 aliphatic heterocycles. The van der Waals surface area contributed by atoms with Crippen LogP contribution in [0.5, 0.6) is 11.6 Å². The SMILES string of the molecule is CC12CCC(C)(CC(Oc3ccc(-c4ncc(-n5ccnn5)cc4O)nn3)C1)N2. The lowest BCUT2D eigenvalue weighted by atomic mass is 9.86. The molecule has 2 unspecified atom stereocenters. The molecule has 0 aliphatic carbocycles. The zero-order chi connectivity index (χ0) is 20.1. The number of hydrogen-bond donors (Lipinski definition) is 2. The summed E-state index contributed by atoms with van der Waals surface area (Å²) >= 11 is 0. The molecule has 0 radical (unpaired) electrons. The maximum atomic E-state index is 10.4. The summed E-state index contributed by atoms with van der Waals surface area (Å²) < 4.78 is 7.66. The first-order valence-electron chi connectivity index (χ1n) is 9.77. The van der Waals surface area contributed by atoms with Gasteiger partial charge >= 0.3 is 0 Å². The van der Waals surface area contributed by atoms with Crippen LogP contribution in [0.25, 0.3) is 17.1 Å². The lowest BCUT2D eigenvalue weighted by Gasteiger charge is -2.41. The topological polar surface area (TPSA) is 111 Å². The van der Waals surface area contributed by atoms with Crippen molar-refractivity contribution in [2.75, 3.05) is 0 Å².